The van der Waals surface area contributed by atoms with E-state index in [-0.39, 0.29) is 23.8 Å². The van der Waals surface area contributed by atoms with E-state index in [9.17, 15) is 9.59 Å². The number of piperidine rings is 1. The summed E-state index contributed by atoms with van der Waals surface area (Å²) in [5, 5.41) is 3.04. The van der Waals surface area contributed by atoms with Crippen LogP contribution in [0.5, 0.6) is 11.5 Å². The maximum Gasteiger partial charge on any atom is 0.253 e. The van der Waals surface area contributed by atoms with E-state index in [0.29, 0.717) is 17.9 Å². The summed E-state index contributed by atoms with van der Waals surface area (Å²) in [7, 11) is 0. The van der Waals surface area contributed by atoms with Crippen molar-refractivity contribution in [1.82, 2.24) is 10.2 Å². The number of likely N-dealkylation sites (tertiary alicyclic amines) is 1. The van der Waals surface area contributed by atoms with Crippen LogP contribution in [0.3, 0.4) is 0 Å². The van der Waals surface area contributed by atoms with Crippen LogP contribution in [-0.2, 0) is 4.79 Å². The van der Waals surface area contributed by atoms with Crippen LogP contribution in [0.15, 0.2) is 54.6 Å². The molecule has 1 aliphatic heterocycles. The second kappa shape index (κ2) is 8.71. The van der Waals surface area contributed by atoms with Crippen molar-refractivity contribution in [2.75, 3.05) is 13.1 Å². The molecule has 1 atom stereocenters. The molecule has 1 aliphatic rings. The molecule has 27 heavy (non-hydrogen) atoms. The molecule has 3 rings (SSSR count). The van der Waals surface area contributed by atoms with Gasteiger partial charge in [0.2, 0.25) is 5.91 Å². The first-order valence-corrected chi connectivity index (χ1v) is 9.45. The van der Waals surface area contributed by atoms with Crippen molar-refractivity contribution in [3.8, 4) is 11.5 Å². The number of nitrogens with one attached hydrogen (secondary N) is 1. The van der Waals surface area contributed by atoms with Gasteiger partial charge < -0.3 is 15.0 Å². The zero-order valence-electron chi connectivity index (χ0n) is 15.9. The minimum absolute atomic E-state index is 0.00948. The zero-order valence-corrected chi connectivity index (χ0v) is 15.9. The lowest BCUT2D eigenvalue weighted by Gasteiger charge is -2.33. The molecule has 2 aromatic rings. The Labute approximate surface area is 160 Å². The third-order valence-electron chi connectivity index (χ3n) is 4.66. The van der Waals surface area contributed by atoms with Crippen LogP contribution < -0.4 is 10.1 Å². The van der Waals surface area contributed by atoms with Crippen molar-refractivity contribution in [2.24, 2.45) is 5.92 Å². The Morgan fingerprint density at radius 2 is 1.70 bits per heavy atom. The molecule has 1 unspecified atom stereocenters. The van der Waals surface area contributed by atoms with Gasteiger partial charge in [-0.15, -0.1) is 0 Å². The van der Waals surface area contributed by atoms with Gasteiger partial charge in [0.1, 0.15) is 11.5 Å². The monoisotopic (exact) mass is 366 g/mol. The minimum atomic E-state index is -0.0479. The largest absolute Gasteiger partial charge is 0.457 e. The number of hydrogen-bond donors (Lipinski definition) is 1. The molecular weight excluding hydrogens is 340 g/mol. The van der Waals surface area contributed by atoms with Crippen LogP contribution in [0, 0.1) is 5.92 Å². The van der Waals surface area contributed by atoms with Crippen LogP contribution in [-0.4, -0.2) is 35.8 Å². The first-order chi connectivity index (χ1) is 13.0. The van der Waals surface area contributed by atoms with Gasteiger partial charge in [0.25, 0.3) is 5.91 Å². The van der Waals surface area contributed by atoms with E-state index in [0.717, 1.165) is 25.1 Å². The molecule has 0 bridgehead atoms. The quantitative estimate of drug-likeness (QED) is 0.874. The van der Waals surface area contributed by atoms with Gasteiger partial charge >= 0.3 is 0 Å². The van der Waals surface area contributed by atoms with Gasteiger partial charge in [0.05, 0.1) is 0 Å². The van der Waals surface area contributed by atoms with E-state index in [1.807, 2.05) is 61.2 Å². The van der Waals surface area contributed by atoms with Crippen LogP contribution in [0.1, 0.15) is 37.0 Å². The SMILES string of the molecule is CC(C)C(=O)NC1CCCN(C(=O)c2ccc(Oc3ccccc3)cc2)C1. The molecule has 1 saturated heterocycles. The minimum Gasteiger partial charge on any atom is -0.457 e. The van der Waals surface area contributed by atoms with Crippen LogP contribution in [0.2, 0.25) is 0 Å². The summed E-state index contributed by atoms with van der Waals surface area (Å²) < 4.78 is 5.77. The fraction of sp³-hybridized carbons (Fsp3) is 0.364. The summed E-state index contributed by atoms with van der Waals surface area (Å²) in [6, 6.07) is 16.8. The molecule has 1 N–H and O–H groups in total. The van der Waals surface area contributed by atoms with Crippen LogP contribution in [0.25, 0.3) is 0 Å². The van der Waals surface area contributed by atoms with E-state index in [4.69, 9.17) is 4.74 Å². The number of hydrogen-bond acceptors (Lipinski definition) is 3. The molecule has 5 nitrogen and oxygen atoms in total. The van der Waals surface area contributed by atoms with Crippen molar-refractivity contribution in [3.63, 3.8) is 0 Å². The van der Waals surface area contributed by atoms with Gasteiger partial charge in [-0.25, -0.2) is 0 Å². The van der Waals surface area contributed by atoms with Crippen molar-refractivity contribution in [3.05, 3.63) is 60.2 Å². The third-order valence-corrected chi connectivity index (χ3v) is 4.66. The summed E-state index contributed by atoms with van der Waals surface area (Å²) in [6.07, 6.45) is 1.80. The van der Waals surface area contributed by atoms with Crippen LogP contribution >= 0.6 is 0 Å². The smallest absolute Gasteiger partial charge is 0.253 e. The number of ether oxygens (including phenoxy) is 1. The van der Waals surface area contributed by atoms with Gasteiger partial charge in [-0.1, -0.05) is 32.0 Å². The predicted molar refractivity (Wildman–Crippen MR) is 105 cm³/mol. The van der Waals surface area contributed by atoms with Gasteiger partial charge in [-0.05, 0) is 49.2 Å². The molecule has 0 saturated carbocycles. The maximum atomic E-state index is 12.8. The van der Waals surface area contributed by atoms with Crippen molar-refractivity contribution in [1.29, 1.82) is 0 Å². The topological polar surface area (TPSA) is 58.6 Å². The zero-order chi connectivity index (χ0) is 19.2. The number of amides is 2. The molecule has 142 valence electrons. The Balaban J connectivity index is 1.60. The van der Waals surface area contributed by atoms with Gasteiger partial charge in [0, 0.05) is 30.6 Å². The Bertz CT molecular complexity index is 772. The fourth-order valence-electron chi connectivity index (χ4n) is 3.12. The van der Waals surface area contributed by atoms with Gasteiger partial charge in [0.15, 0.2) is 0 Å². The Hall–Kier alpha value is -2.82. The highest BCUT2D eigenvalue weighted by molar-refractivity contribution is 5.94. The second-order valence-corrected chi connectivity index (χ2v) is 7.19. The number of benzene rings is 2. The standard InChI is InChI=1S/C22H26N2O3/c1-16(2)21(25)23-18-7-6-14-24(15-18)22(26)17-10-12-20(13-11-17)27-19-8-4-3-5-9-19/h3-5,8-13,16,18H,6-7,14-15H2,1-2H3,(H,23,25). The molecule has 2 aromatic carbocycles. The highest BCUT2D eigenvalue weighted by Gasteiger charge is 2.26. The average Bonchev–Trinajstić information content (AvgIpc) is 2.69. The number of para-hydroxylation sites is 1. The van der Waals surface area contributed by atoms with Crippen molar-refractivity contribution in [2.45, 2.75) is 32.7 Å². The second-order valence-electron chi connectivity index (χ2n) is 7.19. The first kappa shape index (κ1) is 19.0. The molecule has 0 spiro atoms. The highest BCUT2D eigenvalue weighted by atomic mass is 16.5. The van der Waals surface area contributed by atoms with Crippen molar-refractivity contribution < 1.29 is 14.3 Å². The van der Waals surface area contributed by atoms with Gasteiger partial charge in [-0.3, -0.25) is 9.59 Å². The summed E-state index contributed by atoms with van der Waals surface area (Å²) >= 11 is 0. The first-order valence-electron chi connectivity index (χ1n) is 9.45. The Morgan fingerprint density at radius 1 is 1.04 bits per heavy atom. The van der Waals surface area contributed by atoms with E-state index in [2.05, 4.69) is 5.32 Å². The lowest BCUT2D eigenvalue weighted by Crippen LogP contribution is -2.50. The highest BCUT2D eigenvalue weighted by Crippen LogP contribution is 2.22. The molecule has 2 amide bonds. The molecule has 1 heterocycles. The molecule has 5 heteroatoms. The number of carbonyl (C=O) groups is 2. The number of nitrogens with zero attached hydrogens (tertiary/aromatic N) is 1. The lowest BCUT2D eigenvalue weighted by molar-refractivity contribution is -0.125. The maximum absolute atomic E-state index is 12.8. The molecule has 0 aromatic heterocycles. The normalized spacial score (nSPS) is 16.9. The van der Waals surface area contributed by atoms with E-state index < -0.39 is 0 Å². The number of rotatable bonds is 5. The Morgan fingerprint density at radius 3 is 2.37 bits per heavy atom. The molecule has 0 aliphatic carbocycles. The van der Waals surface area contributed by atoms with E-state index in [1.54, 1.807) is 12.1 Å². The summed E-state index contributed by atoms with van der Waals surface area (Å²) in [4.78, 5) is 26.5. The van der Waals surface area contributed by atoms with Gasteiger partial charge in [-0.2, -0.15) is 0 Å². The van der Waals surface area contributed by atoms with E-state index >= 15 is 0 Å². The third kappa shape index (κ3) is 5.09. The summed E-state index contributed by atoms with van der Waals surface area (Å²) in [5.74, 6) is 1.43. The Kier molecular flexibility index (Phi) is 6.12. The molecule has 1 fully saturated rings. The summed E-state index contributed by atoms with van der Waals surface area (Å²) in [6.45, 7) is 5.02. The summed E-state index contributed by atoms with van der Waals surface area (Å²) in [5.41, 5.74) is 0.631. The molecule has 0 radical (unpaired) electrons. The predicted octanol–water partition coefficient (Wildman–Crippen LogP) is 3.86. The van der Waals surface area contributed by atoms with E-state index in [1.165, 1.54) is 0 Å². The number of carbonyl (C=O) groups excluding carboxylic acids is 2. The lowest BCUT2D eigenvalue weighted by atomic mass is 10.0. The van der Waals surface area contributed by atoms with Crippen LogP contribution in [0.4, 0.5) is 0 Å². The fourth-order valence-corrected chi connectivity index (χ4v) is 3.12. The molecular formula is C22H26N2O3. The average molecular weight is 366 g/mol. The van der Waals surface area contributed by atoms with Crippen molar-refractivity contribution >= 4 is 11.8 Å².